The van der Waals surface area contributed by atoms with Gasteiger partial charge in [-0.2, -0.15) is 0 Å². The van der Waals surface area contributed by atoms with Gasteiger partial charge in [-0.3, -0.25) is 14.4 Å². The lowest BCUT2D eigenvalue weighted by Gasteiger charge is -2.21. The van der Waals surface area contributed by atoms with E-state index in [4.69, 9.17) is 0 Å². The van der Waals surface area contributed by atoms with E-state index in [0.717, 1.165) is 17.3 Å². The third-order valence-electron chi connectivity index (χ3n) is 4.82. The lowest BCUT2D eigenvalue weighted by atomic mass is 9.86. The molecule has 20 heavy (non-hydrogen) atoms. The van der Waals surface area contributed by atoms with E-state index in [-0.39, 0.29) is 11.9 Å². The van der Waals surface area contributed by atoms with E-state index in [9.17, 15) is 4.79 Å². The molecule has 0 aromatic carbocycles. The molecule has 2 bridgehead atoms. The van der Waals surface area contributed by atoms with Crippen molar-refractivity contribution in [1.29, 1.82) is 0 Å². The van der Waals surface area contributed by atoms with Crippen LogP contribution >= 0.6 is 0 Å². The van der Waals surface area contributed by atoms with Crippen LogP contribution in [0.4, 0.5) is 0 Å². The second kappa shape index (κ2) is 5.55. The van der Waals surface area contributed by atoms with Crippen LogP contribution in [0, 0.1) is 17.8 Å². The zero-order valence-corrected chi connectivity index (χ0v) is 12.5. The molecule has 3 atom stereocenters. The van der Waals surface area contributed by atoms with E-state index in [0.29, 0.717) is 12.3 Å². The molecular weight excluding hydrogens is 248 g/mol. The lowest BCUT2D eigenvalue weighted by Crippen LogP contribution is -2.29. The number of nitrogens with zero attached hydrogens (tertiary/aromatic N) is 2. The number of hydrogen-bond acceptors (Lipinski definition) is 2. The van der Waals surface area contributed by atoms with Gasteiger partial charge in [0.25, 0.3) is 0 Å². The van der Waals surface area contributed by atoms with Crippen molar-refractivity contribution in [2.24, 2.45) is 22.7 Å². The highest BCUT2D eigenvalue weighted by Crippen LogP contribution is 2.49. The van der Waals surface area contributed by atoms with Crippen molar-refractivity contribution in [3.8, 4) is 0 Å². The van der Waals surface area contributed by atoms with Crippen molar-refractivity contribution in [3.05, 3.63) is 29.9 Å². The van der Waals surface area contributed by atoms with E-state index in [1.54, 1.807) is 4.57 Å². The summed E-state index contributed by atoms with van der Waals surface area (Å²) in [6.07, 6.45) is 7.90. The third kappa shape index (κ3) is 2.72. The highest BCUT2D eigenvalue weighted by molar-refractivity contribution is 5.78. The molecule has 0 amide bonds. The normalized spacial score (nSPS) is 29.4. The van der Waals surface area contributed by atoms with Crippen LogP contribution in [0.5, 0.6) is 0 Å². The number of hydrogen-bond donors (Lipinski definition) is 0. The molecule has 108 valence electrons. The van der Waals surface area contributed by atoms with Crippen molar-refractivity contribution in [1.82, 2.24) is 4.57 Å². The molecule has 3 nitrogen and oxygen atoms in total. The number of carbonyl (C=O) groups is 1. The van der Waals surface area contributed by atoms with Crippen LogP contribution in [-0.4, -0.2) is 16.5 Å². The van der Waals surface area contributed by atoms with Gasteiger partial charge in [-0.15, -0.1) is 0 Å². The molecule has 0 spiro atoms. The largest absolute Gasteiger partial charge is 0.274 e. The van der Waals surface area contributed by atoms with Gasteiger partial charge in [0.1, 0.15) is 5.49 Å². The highest BCUT2D eigenvalue weighted by atomic mass is 16.2. The van der Waals surface area contributed by atoms with Crippen LogP contribution in [0.25, 0.3) is 0 Å². The average Bonchev–Trinajstić information content (AvgIpc) is 3.00. The van der Waals surface area contributed by atoms with Gasteiger partial charge in [-0.1, -0.05) is 12.5 Å². The summed E-state index contributed by atoms with van der Waals surface area (Å²) in [5.41, 5.74) is 0.788. The average molecular weight is 272 g/mol. The van der Waals surface area contributed by atoms with E-state index < -0.39 is 0 Å². The first-order chi connectivity index (χ1) is 9.63. The van der Waals surface area contributed by atoms with Gasteiger partial charge in [0, 0.05) is 18.7 Å². The number of pyridine rings is 1. The minimum atomic E-state index is 0.207. The summed E-state index contributed by atoms with van der Waals surface area (Å²) in [4.78, 5) is 17.1. The molecule has 2 aliphatic rings. The summed E-state index contributed by atoms with van der Waals surface area (Å²) in [6.45, 7) is 4.08. The summed E-state index contributed by atoms with van der Waals surface area (Å²) in [7, 11) is 0. The maximum absolute atomic E-state index is 12.6. The molecule has 2 saturated carbocycles. The summed E-state index contributed by atoms with van der Waals surface area (Å²) in [6, 6.07) is 6.00. The van der Waals surface area contributed by atoms with E-state index in [1.165, 1.54) is 25.7 Å². The summed E-state index contributed by atoms with van der Waals surface area (Å²) in [5, 5.41) is 0. The van der Waals surface area contributed by atoms with Gasteiger partial charge in [0.05, 0.1) is 0 Å². The van der Waals surface area contributed by atoms with Gasteiger partial charge >= 0.3 is 0 Å². The molecule has 2 fully saturated rings. The Balaban J connectivity index is 1.78. The molecule has 3 rings (SSSR count). The smallest absolute Gasteiger partial charge is 0.232 e. The van der Waals surface area contributed by atoms with Crippen LogP contribution < -0.4 is 5.49 Å². The van der Waals surface area contributed by atoms with Gasteiger partial charge in [0.15, 0.2) is 0 Å². The Morgan fingerprint density at radius 3 is 2.85 bits per heavy atom. The Hall–Kier alpha value is -1.38. The Morgan fingerprint density at radius 2 is 2.20 bits per heavy atom. The molecule has 1 heterocycles. The predicted octanol–water partition coefficient (Wildman–Crippen LogP) is 3.26. The number of aromatic nitrogens is 1. The topological polar surface area (TPSA) is 34.4 Å². The first-order valence-corrected chi connectivity index (χ1v) is 7.88. The molecule has 3 heteroatoms. The van der Waals surface area contributed by atoms with Crippen LogP contribution in [0.15, 0.2) is 29.4 Å². The zero-order chi connectivity index (χ0) is 14.1. The standard InChI is InChI=1S/C17H24N2O/c1-12(2)18-16-5-3-4-8-19(16)17(20)11-15-10-13-6-7-14(15)9-13/h3-5,8,12-15H,6-7,9-11H2,1-2H3. The molecule has 2 aliphatic carbocycles. The molecule has 0 aliphatic heterocycles. The summed E-state index contributed by atoms with van der Waals surface area (Å²) < 4.78 is 1.74. The molecule has 1 aromatic rings. The quantitative estimate of drug-likeness (QED) is 0.831. The van der Waals surface area contributed by atoms with Crippen molar-refractivity contribution < 1.29 is 4.79 Å². The van der Waals surface area contributed by atoms with Crippen LogP contribution in [0.2, 0.25) is 0 Å². The monoisotopic (exact) mass is 272 g/mol. The lowest BCUT2D eigenvalue weighted by molar-refractivity contribution is 0.0856. The first-order valence-electron chi connectivity index (χ1n) is 7.88. The van der Waals surface area contributed by atoms with Crippen molar-refractivity contribution in [2.75, 3.05) is 0 Å². The van der Waals surface area contributed by atoms with Crippen LogP contribution in [-0.2, 0) is 0 Å². The fourth-order valence-corrected chi connectivity index (χ4v) is 3.96. The zero-order valence-electron chi connectivity index (χ0n) is 12.5. The van der Waals surface area contributed by atoms with Gasteiger partial charge in [0.2, 0.25) is 5.91 Å². The Morgan fingerprint density at radius 1 is 1.35 bits per heavy atom. The molecule has 0 radical (unpaired) electrons. The number of rotatable bonds is 3. The van der Waals surface area contributed by atoms with Crippen molar-refractivity contribution >= 4 is 5.91 Å². The van der Waals surface area contributed by atoms with Crippen LogP contribution in [0.1, 0.15) is 50.7 Å². The number of carbonyl (C=O) groups excluding carboxylic acids is 1. The van der Waals surface area contributed by atoms with Crippen molar-refractivity contribution in [2.45, 2.75) is 52.0 Å². The minimum Gasteiger partial charge on any atom is -0.274 e. The fraction of sp³-hybridized carbons (Fsp3) is 0.647. The summed E-state index contributed by atoms with van der Waals surface area (Å²) in [5.74, 6) is 2.53. The Kier molecular flexibility index (Phi) is 3.77. The maximum Gasteiger partial charge on any atom is 0.232 e. The third-order valence-corrected chi connectivity index (χ3v) is 4.82. The molecule has 1 aromatic heterocycles. The van der Waals surface area contributed by atoms with Crippen molar-refractivity contribution in [3.63, 3.8) is 0 Å². The summed E-state index contributed by atoms with van der Waals surface area (Å²) >= 11 is 0. The molecule has 0 N–H and O–H groups in total. The minimum absolute atomic E-state index is 0.207. The van der Waals surface area contributed by atoms with E-state index in [2.05, 4.69) is 4.99 Å². The fourth-order valence-electron chi connectivity index (χ4n) is 3.96. The highest BCUT2D eigenvalue weighted by Gasteiger charge is 2.40. The van der Waals surface area contributed by atoms with Crippen LogP contribution in [0.3, 0.4) is 0 Å². The van der Waals surface area contributed by atoms with E-state index >= 15 is 0 Å². The molecular formula is C17H24N2O. The second-order valence-electron chi connectivity index (χ2n) is 6.68. The Bertz CT molecular complexity index is 558. The predicted molar refractivity (Wildman–Crippen MR) is 79.3 cm³/mol. The van der Waals surface area contributed by atoms with Gasteiger partial charge in [-0.05, 0) is 63.0 Å². The maximum atomic E-state index is 12.6. The van der Waals surface area contributed by atoms with Gasteiger partial charge < -0.3 is 0 Å². The number of fused-ring (bicyclic) bond motifs is 2. The van der Waals surface area contributed by atoms with E-state index in [1.807, 2.05) is 38.2 Å². The molecule has 3 unspecified atom stereocenters. The SMILES string of the molecule is CC(C)N=c1ccccn1C(=O)CC1CC2CCC1C2. The molecule has 0 saturated heterocycles. The van der Waals surface area contributed by atoms with Gasteiger partial charge in [-0.25, -0.2) is 0 Å². The first kappa shape index (κ1) is 13.6. The second-order valence-corrected chi connectivity index (χ2v) is 6.68. The Labute approximate surface area is 120 Å².